The minimum atomic E-state index is -0.114. The van der Waals surface area contributed by atoms with Crippen molar-refractivity contribution in [2.75, 3.05) is 11.9 Å². The number of unbranched alkanes of at least 4 members (excludes halogenated alkanes) is 3. The maximum atomic E-state index is 12.2. The quantitative estimate of drug-likeness (QED) is 0.839. The van der Waals surface area contributed by atoms with E-state index in [4.69, 9.17) is 0 Å². The van der Waals surface area contributed by atoms with Crippen molar-refractivity contribution in [2.45, 2.75) is 45.6 Å². The van der Waals surface area contributed by atoms with Gasteiger partial charge in [0.05, 0.1) is 0 Å². The molecular weight excluding hydrogens is 252 g/mol. The van der Waals surface area contributed by atoms with Crippen molar-refractivity contribution in [1.82, 2.24) is 4.90 Å². The Bertz CT molecular complexity index is 485. The van der Waals surface area contributed by atoms with E-state index in [9.17, 15) is 9.59 Å². The number of hydrogen-bond donors (Lipinski definition) is 1. The van der Waals surface area contributed by atoms with E-state index in [1.54, 1.807) is 4.90 Å². The lowest BCUT2D eigenvalue weighted by Crippen LogP contribution is -2.35. The van der Waals surface area contributed by atoms with Crippen molar-refractivity contribution >= 4 is 17.5 Å². The maximum absolute atomic E-state index is 12.2. The van der Waals surface area contributed by atoms with E-state index in [1.165, 1.54) is 0 Å². The fraction of sp³-hybridized carbons (Fsp3) is 0.500. The van der Waals surface area contributed by atoms with Gasteiger partial charge >= 0.3 is 0 Å². The number of nitrogens with zero attached hydrogens (tertiary/aromatic N) is 1. The molecule has 4 nitrogen and oxygen atoms in total. The van der Waals surface area contributed by atoms with Gasteiger partial charge < -0.3 is 10.2 Å². The average Bonchev–Trinajstić information content (AvgIpc) is 2.61. The highest BCUT2D eigenvalue weighted by Crippen LogP contribution is 2.21. The van der Waals surface area contributed by atoms with Crippen LogP contribution in [0.3, 0.4) is 0 Å². The third-order valence-electron chi connectivity index (χ3n) is 3.58. The largest absolute Gasteiger partial charge is 0.329 e. The van der Waals surface area contributed by atoms with Crippen LogP contribution in [0, 0.1) is 0 Å². The monoisotopic (exact) mass is 274 g/mol. The smallest absolute Gasteiger partial charge is 0.244 e. The molecule has 0 spiro atoms. The Morgan fingerprint density at radius 3 is 2.80 bits per heavy atom. The molecule has 0 fully saturated rings. The first-order valence-corrected chi connectivity index (χ1v) is 7.36. The summed E-state index contributed by atoms with van der Waals surface area (Å²) >= 11 is 0. The van der Waals surface area contributed by atoms with E-state index in [-0.39, 0.29) is 18.4 Å². The van der Waals surface area contributed by atoms with Crippen LogP contribution in [0.15, 0.2) is 24.3 Å². The Balaban J connectivity index is 1.98. The molecule has 108 valence electrons. The summed E-state index contributed by atoms with van der Waals surface area (Å²) in [5.41, 5.74) is 1.82. The van der Waals surface area contributed by atoms with Crippen molar-refractivity contribution in [2.24, 2.45) is 0 Å². The van der Waals surface area contributed by atoms with Gasteiger partial charge in [-0.3, -0.25) is 9.59 Å². The summed E-state index contributed by atoms with van der Waals surface area (Å²) in [6, 6.07) is 7.66. The summed E-state index contributed by atoms with van der Waals surface area (Å²) in [6.07, 6.45) is 4.85. The lowest BCUT2D eigenvalue weighted by molar-refractivity contribution is -0.135. The molecule has 2 rings (SSSR count). The molecule has 1 aliphatic heterocycles. The Labute approximate surface area is 120 Å². The third kappa shape index (κ3) is 3.83. The molecule has 0 radical (unpaired) electrons. The van der Waals surface area contributed by atoms with Crippen LogP contribution in [0.25, 0.3) is 0 Å². The van der Waals surface area contributed by atoms with Crippen LogP contribution < -0.4 is 5.32 Å². The predicted molar refractivity (Wildman–Crippen MR) is 79.2 cm³/mol. The van der Waals surface area contributed by atoms with E-state index in [0.29, 0.717) is 13.0 Å². The Hall–Kier alpha value is -1.84. The number of benzene rings is 1. The molecule has 1 N–H and O–H groups in total. The molecule has 4 heteroatoms. The normalized spacial score (nSPS) is 14.4. The molecule has 20 heavy (non-hydrogen) atoms. The number of fused-ring (bicyclic) bond motifs is 1. The highest BCUT2D eigenvalue weighted by molar-refractivity contribution is 5.96. The van der Waals surface area contributed by atoms with Crippen molar-refractivity contribution < 1.29 is 9.59 Å². The summed E-state index contributed by atoms with van der Waals surface area (Å²) < 4.78 is 0. The van der Waals surface area contributed by atoms with E-state index in [0.717, 1.165) is 36.9 Å². The Morgan fingerprint density at radius 2 is 2.00 bits per heavy atom. The molecule has 0 aliphatic carbocycles. The summed E-state index contributed by atoms with van der Waals surface area (Å²) in [6.45, 7) is 2.82. The molecule has 1 aromatic rings. The summed E-state index contributed by atoms with van der Waals surface area (Å²) in [5.74, 6) is -0.0372. The van der Waals surface area contributed by atoms with E-state index >= 15 is 0 Å². The van der Waals surface area contributed by atoms with Crippen LogP contribution in [-0.4, -0.2) is 23.3 Å². The summed E-state index contributed by atoms with van der Waals surface area (Å²) in [7, 11) is 0. The van der Waals surface area contributed by atoms with Crippen LogP contribution in [-0.2, 0) is 16.1 Å². The van der Waals surface area contributed by atoms with Crippen LogP contribution in [0.4, 0.5) is 5.69 Å². The molecule has 0 saturated heterocycles. The van der Waals surface area contributed by atoms with Crippen LogP contribution in [0.1, 0.15) is 44.6 Å². The van der Waals surface area contributed by atoms with Gasteiger partial charge in [0.2, 0.25) is 11.8 Å². The zero-order valence-electron chi connectivity index (χ0n) is 12.0. The van der Waals surface area contributed by atoms with Gasteiger partial charge in [0.1, 0.15) is 6.54 Å². The second-order valence-corrected chi connectivity index (χ2v) is 5.27. The van der Waals surface area contributed by atoms with E-state index < -0.39 is 0 Å². The van der Waals surface area contributed by atoms with Gasteiger partial charge in [0.25, 0.3) is 0 Å². The maximum Gasteiger partial charge on any atom is 0.244 e. The van der Waals surface area contributed by atoms with Gasteiger partial charge in [0, 0.05) is 18.7 Å². The number of rotatable bonds is 5. The van der Waals surface area contributed by atoms with Gasteiger partial charge in [-0.1, -0.05) is 44.4 Å². The number of para-hydroxylation sites is 1. The van der Waals surface area contributed by atoms with Crippen molar-refractivity contribution in [3.05, 3.63) is 29.8 Å². The second-order valence-electron chi connectivity index (χ2n) is 5.27. The number of amides is 2. The van der Waals surface area contributed by atoms with Crippen LogP contribution in [0.5, 0.6) is 0 Å². The zero-order chi connectivity index (χ0) is 14.4. The predicted octanol–water partition coefficient (Wildman–Crippen LogP) is 2.94. The fourth-order valence-corrected chi connectivity index (χ4v) is 2.44. The van der Waals surface area contributed by atoms with Crippen molar-refractivity contribution in [3.8, 4) is 0 Å². The first kappa shape index (κ1) is 14.6. The molecule has 0 unspecified atom stereocenters. The minimum absolute atomic E-state index is 0.0768. The van der Waals surface area contributed by atoms with Crippen molar-refractivity contribution in [3.63, 3.8) is 0 Å². The minimum Gasteiger partial charge on any atom is -0.329 e. The van der Waals surface area contributed by atoms with E-state index in [1.807, 2.05) is 24.3 Å². The lowest BCUT2D eigenvalue weighted by atomic mass is 10.1. The first-order chi connectivity index (χ1) is 9.70. The number of carbonyl (C=O) groups is 2. The van der Waals surface area contributed by atoms with Crippen molar-refractivity contribution in [1.29, 1.82) is 0 Å². The van der Waals surface area contributed by atoms with Gasteiger partial charge in [-0.2, -0.15) is 0 Å². The molecule has 1 aromatic carbocycles. The second kappa shape index (κ2) is 7.08. The highest BCUT2D eigenvalue weighted by Gasteiger charge is 2.22. The van der Waals surface area contributed by atoms with Gasteiger partial charge in [-0.05, 0) is 18.1 Å². The number of hydrogen-bond acceptors (Lipinski definition) is 2. The topological polar surface area (TPSA) is 49.4 Å². The molecule has 1 heterocycles. The molecule has 0 atom stereocenters. The molecule has 0 aromatic heterocycles. The summed E-state index contributed by atoms with van der Waals surface area (Å²) in [5, 5.41) is 2.85. The third-order valence-corrected chi connectivity index (χ3v) is 3.58. The molecular formula is C16H22N2O2. The Kier molecular flexibility index (Phi) is 5.16. The van der Waals surface area contributed by atoms with Gasteiger partial charge in [0.15, 0.2) is 0 Å². The number of carbonyl (C=O) groups excluding carboxylic acids is 2. The first-order valence-electron chi connectivity index (χ1n) is 7.36. The molecule has 0 saturated carbocycles. The van der Waals surface area contributed by atoms with Crippen LogP contribution >= 0.6 is 0 Å². The van der Waals surface area contributed by atoms with Gasteiger partial charge in [-0.25, -0.2) is 0 Å². The van der Waals surface area contributed by atoms with Gasteiger partial charge in [-0.15, -0.1) is 0 Å². The number of anilines is 1. The SMILES string of the molecule is CCCCCCC(=O)N1CC(=O)Nc2ccccc2C1. The number of nitrogens with one attached hydrogen (secondary N) is 1. The zero-order valence-corrected chi connectivity index (χ0v) is 12.0. The van der Waals surface area contributed by atoms with Crippen LogP contribution in [0.2, 0.25) is 0 Å². The highest BCUT2D eigenvalue weighted by atomic mass is 16.2. The van der Waals surface area contributed by atoms with E-state index in [2.05, 4.69) is 12.2 Å². The summed E-state index contributed by atoms with van der Waals surface area (Å²) in [4.78, 5) is 25.7. The lowest BCUT2D eigenvalue weighted by Gasteiger charge is -2.19. The average molecular weight is 274 g/mol. The Morgan fingerprint density at radius 1 is 1.20 bits per heavy atom. The molecule has 2 amide bonds. The molecule has 0 bridgehead atoms. The fourth-order valence-electron chi connectivity index (χ4n) is 2.44. The molecule has 1 aliphatic rings. The standard InChI is InChI=1S/C16H22N2O2/c1-2-3-4-5-10-16(20)18-11-13-8-6-7-9-14(13)17-15(19)12-18/h6-9H,2-5,10-12H2,1H3,(H,17,19).